The van der Waals surface area contributed by atoms with Gasteiger partial charge in [0.1, 0.15) is 0 Å². The van der Waals surface area contributed by atoms with Gasteiger partial charge in [-0.05, 0) is 51.9 Å². The van der Waals surface area contributed by atoms with Gasteiger partial charge >= 0.3 is 0 Å². The van der Waals surface area contributed by atoms with E-state index in [0.29, 0.717) is 19.6 Å². The van der Waals surface area contributed by atoms with Gasteiger partial charge in [-0.1, -0.05) is 17.7 Å². The largest absolute Gasteiger partial charge is 0.387 e. The van der Waals surface area contributed by atoms with Crippen molar-refractivity contribution in [2.24, 2.45) is 0 Å². The second kappa shape index (κ2) is 6.82. The molecule has 0 radical (unpaired) electrons. The van der Waals surface area contributed by atoms with E-state index in [9.17, 15) is 9.90 Å². The molecule has 24 heavy (non-hydrogen) atoms. The minimum atomic E-state index is -0.694. The molecule has 132 valence electrons. The standard InChI is InChI=1S/C19H29N3O2/c1-15-6-7-17-16(11-15)5-4-9-22(17)18(23)12-21-10-8-19(24,14-21)13-20(2)3/h6-7,11,24H,4-5,8-10,12-14H2,1-3H3. The Bertz CT molecular complexity index is 617. The fraction of sp³-hybridized carbons (Fsp3) is 0.632. The Kier molecular flexibility index (Phi) is 4.95. The van der Waals surface area contributed by atoms with Gasteiger partial charge in [0.25, 0.3) is 0 Å². The number of fused-ring (bicyclic) bond motifs is 1. The molecule has 1 atom stereocenters. The molecular formula is C19H29N3O2. The molecule has 2 aliphatic rings. The van der Waals surface area contributed by atoms with Crippen LogP contribution < -0.4 is 4.90 Å². The van der Waals surface area contributed by atoms with Crippen LogP contribution in [0.5, 0.6) is 0 Å². The highest BCUT2D eigenvalue weighted by atomic mass is 16.3. The summed E-state index contributed by atoms with van der Waals surface area (Å²) in [6.07, 6.45) is 2.80. The third kappa shape index (κ3) is 3.79. The molecule has 1 aromatic carbocycles. The number of aliphatic hydroxyl groups is 1. The number of rotatable bonds is 4. The van der Waals surface area contributed by atoms with Gasteiger partial charge in [-0.2, -0.15) is 0 Å². The molecule has 0 spiro atoms. The minimum absolute atomic E-state index is 0.147. The number of likely N-dealkylation sites (N-methyl/N-ethyl adjacent to an activating group) is 1. The van der Waals surface area contributed by atoms with Gasteiger partial charge in [0.05, 0.1) is 12.1 Å². The number of hydrogen-bond acceptors (Lipinski definition) is 4. The van der Waals surface area contributed by atoms with Gasteiger partial charge < -0.3 is 14.9 Å². The zero-order chi connectivity index (χ0) is 17.3. The fourth-order valence-corrected chi connectivity index (χ4v) is 4.05. The summed E-state index contributed by atoms with van der Waals surface area (Å²) in [6, 6.07) is 6.35. The van der Waals surface area contributed by atoms with Crippen LogP contribution in [-0.4, -0.2) is 73.2 Å². The SMILES string of the molecule is Cc1ccc2c(c1)CCCN2C(=O)CN1CCC(O)(CN(C)C)C1. The summed E-state index contributed by atoms with van der Waals surface area (Å²) < 4.78 is 0. The van der Waals surface area contributed by atoms with Crippen molar-refractivity contribution >= 4 is 11.6 Å². The lowest BCUT2D eigenvalue weighted by Crippen LogP contribution is -2.45. The highest BCUT2D eigenvalue weighted by molar-refractivity contribution is 5.96. The van der Waals surface area contributed by atoms with E-state index in [-0.39, 0.29) is 5.91 Å². The molecule has 3 rings (SSSR count). The van der Waals surface area contributed by atoms with E-state index in [1.54, 1.807) is 0 Å². The molecule has 0 saturated carbocycles. The highest BCUT2D eigenvalue weighted by Crippen LogP contribution is 2.29. The predicted octanol–water partition coefficient (Wildman–Crippen LogP) is 1.27. The number of β-amino-alcohol motifs (C(OH)–C–C–N with tert-alkyl or cyclic N) is 1. The Labute approximate surface area is 144 Å². The molecule has 0 bridgehead atoms. The first-order valence-corrected chi connectivity index (χ1v) is 8.86. The topological polar surface area (TPSA) is 47.0 Å². The second-order valence-corrected chi connectivity index (χ2v) is 7.70. The molecule has 2 heterocycles. The van der Waals surface area contributed by atoms with Gasteiger partial charge in [-0.3, -0.25) is 9.69 Å². The minimum Gasteiger partial charge on any atom is -0.387 e. The van der Waals surface area contributed by atoms with E-state index in [1.165, 1.54) is 11.1 Å². The van der Waals surface area contributed by atoms with Gasteiger partial charge in [-0.25, -0.2) is 0 Å². The maximum Gasteiger partial charge on any atom is 0.241 e. The van der Waals surface area contributed by atoms with Crippen LogP contribution in [0.2, 0.25) is 0 Å². The highest BCUT2D eigenvalue weighted by Gasteiger charge is 2.37. The lowest BCUT2D eigenvalue weighted by Gasteiger charge is -2.31. The summed E-state index contributed by atoms with van der Waals surface area (Å²) in [5.74, 6) is 0.147. The van der Waals surface area contributed by atoms with E-state index < -0.39 is 5.60 Å². The average Bonchev–Trinajstić information content (AvgIpc) is 2.85. The summed E-state index contributed by atoms with van der Waals surface area (Å²) in [7, 11) is 3.94. The fourth-order valence-electron chi connectivity index (χ4n) is 4.05. The molecule has 2 aliphatic heterocycles. The summed E-state index contributed by atoms with van der Waals surface area (Å²) in [5.41, 5.74) is 2.90. The van der Waals surface area contributed by atoms with Crippen LogP contribution >= 0.6 is 0 Å². The second-order valence-electron chi connectivity index (χ2n) is 7.70. The van der Waals surface area contributed by atoms with Gasteiger partial charge in [0, 0.05) is 31.9 Å². The molecule has 1 amide bonds. The van der Waals surface area contributed by atoms with Crippen LogP contribution in [0.1, 0.15) is 24.0 Å². The molecule has 1 fully saturated rings. The first kappa shape index (κ1) is 17.4. The monoisotopic (exact) mass is 331 g/mol. The normalized spacial score (nSPS) is 24.5. The molecule has 0 aliphatic carbocycles. The van der Waals surface area contributed by atoms with E-state index in [1.807, 2.05) is 23.9 Å². The number of carbonyl (C=O) groups is 1. The Morgan fingerprint density at radius 1 is 1.33 bits per heavy atom. The van der Waals surface area contributed by atoms with Crippen LogP contribution in [0.4, 0.5) is 5.69 Å². The zero-order valence-electron chi connectivity index (χ0n) is 15.1. The first-order valence-electron chi connectivity index (χ1n) is 8.86. The van der Waals surface area contributed by atoms with Crippen LogP contribution in [0, 0.1) is 6.92 Å². The van der Waals surface area contributed by atoms with Crippen molar-refractivity contribution in [3.05, 3.63) is 29.3 Å². The Balaban J connectivity index is 1.65. The van der Waals surface area contributed by atoms with E-state index in [2.05, 4.69) is 30.0 Å². The van der Waals surface area contributed by atoms with Crippen LogP contribution in [0.3, 0.4) is 0 Å². The maximum atomic E-state index is 12.8. The van der Waals surface area contributed by atoms with Crippen molar-refractivity contribution in [1.29, 1.82) is 0 Å². The van der Waals surface area contributed by atoms with E-state index in [0.717, 1.165) is 38.0 Å². The molecule has 1 saturated heterocycles. The van der Waals surface area contributed by atoms with Crippen molar-refractivity contribution in [1.82, 2.24) is 9.80 Å². The number of likely N-dealkylation sites (tertiary alicyclic amines) is 1. The number of carbonyl (C=O) groups excluding carboxylic acids is 1. The molecule has 1 N–H and O–H groups in total. The van der Waals surface area contributed by atoms with Crippen molar-refractivity contribution in [2.45, 2.75) is 31.8 Å². The van der Waals surface area contributed by atoms with Gasteiger partial charge in [0.15, 0.2) is 0 Å². The number of amides is 1. The number of hydrogen-bond donors (Lipinski definition) is 1. The van der Waals surface area contributed by atoms with Crippen LogP contribution in [0.25, 0.3) is 0 Å². The predicted molar refractivity (Wildman–Crippen MR) is 96.4 cm³/mol. The molecule has 1 unspecified atom stereocenters. The van der Waals surface area contributed by atoms with Crippen molar-refractivity contribution in [3.63, 3.8) is 0 Å². The summed E-state index contributed by atoms with van der Waals surface area (Å²) in [6.45, 7) is 5.28. The third-order valence-corrected chi connectivity index (χ3v) is 5.04. The Morgan fingerprint density at radius 2 is 2.12 bits per heavy atom. The maximum absolute atomic E-state index is 12.8. The molecule has 1 aromatic rings. The summed E-state index contributed by atoms with van der Waals surface area (Å²) in [4.78, 5) is 18.9. The summed E-state index contributed by atoms with van der Waals surface area (Å²) in [5, 5.41) is 10.6. The van der Waals surface area contributed by atoms with Crippen molar-refractivity contribution in [2.75, 3.05) is 51.7 Å². The average molecular weight is 331 g/mol. The van der Waals surface area contributed by atoms with Crippen LogP contribution in [-0.2, 0) is 11.2 Å². The number of nitrogens with zero attached hydrogens (tertiary/aromatic N) is 3. The molecule has 5 nitrogen and oxygen atoms in total. The van der Waals surface area contributed by atoms with Crippen molar-refractivity contribution in [3.8, 4) is 0 Å². The first-order chi connectivity index (χ1) is 11.4. The number of benzene rings is 1. The molecule has 0 aromatic heterocycles. The molecular weight excluding hydrogens is 302 g/mol. The summed E-state index contributed by atoms with van der Waals surface area (Å²) >= 11 is 0. The lowest BCUT2D eigenvalue weighted by molar-refractivity contribution is -0.119. The zero-order valence-corrected chi connectivity index (χ0v) is 15.1. The lowest BCUT2D eigenvalue weighted by atomic mass is 9.99. The quantitative estimate of drug-likeness (QED) is 0.903. The van der Waals surface area contributed by atoms with Crippen LogP contribution in [0.15, 0.2) is 18.2 Å². The molecule has 5 heteroatoms. The smallest absolute Gasteiger partial charge is 0.241 e. The van der Waals surface area contributed by atoms with Gasteiger partial charge in [-0.15, -0.1) is 0 Å². The Morgan fingerprint density at radius 3 is 2.88 bits per heavy atom. The van der Waals surface area contributed by atoms with Crippen molar-refractivity contribution < 1.29 is 9.90 Å². The number of anilines is 1. The van der Waals surface area contributed by atoms with E-state index >= 15 is 0 Å². The van der Waals surface area contributed by atoms with Gasteiger partial charge in [0.2, 0.25) is 5.91 Å². The Hall–Kier alpha value is -1.43. The number of aryl methyl sites for hydroxylation is 2. The third-order valence-electron chi connectivity index (χ3n) is 5.04. The van der Waals surface area contributed by atoms with E-state index in [4.69, 9.17) is 0 Å².